The van der Waals surface area contributed by atoms with Crippen LogP contribution < -0.4 is 0 Å². The first-order chi connectivity index (χ1) is 7.72. The Morgan fingerprint density at radius 2 is 2.12 bits per heavy atom. The second-order valence-electron chi connectivity index (χ2n) is 3.86. The zero-order valence-corrected chi connectivity index (χ0v) is 9.14. The van der Waals surface area contributed by atoms with Crippen molar-refractivity contribution in [2.75, 3.05) is 26.2 Å². The van der Waals surface area contributed by atoms with Crippen LogP contribution in [-0.4, -0.2) is 58.5 Å². The normalized spacial score (nSPS) is 16.3. The lowest BCUT2D eigenvalue weighted by atomic mass is 10.2. The van der Waals surface area contributed by atoms with Crippen LogP contribution in [0.4, 0.5) is 0 Å². The van der Waals surface area contributed by atoms with Gasteiger partial charge in [0, 0.05) is 26.2 Å². The van der Waals surface area contributed by atoms with Crippen LogP contribution in [0.5, 0.6) is 0 Å². The molecule has 0 aromatic carbocycles. The molecule has 6 nitrogen and oxygen atoms in total. The minimum absolute atomic E-state index is 0.0412. The van der Waals surface area contributed by atoms with Crippen LogP contribution in [0.25, 0.3) is 0 Å². The average molecular weight is 222 g/mol. The van der Waals surface area contributed by atoms with Gasteiger partial charge in [0.1, 0.15) is 5.69 Å². The van der Waals surface area contributed by atoms with Crippen LogP contribution in [0.1, 0.15) is 16.1 Å². The van der Waals surface area contributed by atoms with Gasteiger partial charge in [-0.3, -0.25) is 14.7 Å². The SMILES string of the molecule is Cc1cn[nH]c1C(=O)N1CCN(C=O)CC1. The smallest absolute Gasteiger partial charge is 0.272 e. The molecule has 1 saturated heterocycles. The number of piperazine rings is 1. The van der Waals surface area contributed by atoms with E-state index in [2.05, 4.69) is 10.2 Å². The largest absolute Gasteiger partial charge is 0.342 e. The standard InChI is InChI=1S/C10H14N4O2/c1-8-6-11-12-9(8)10(16)14-4-2-13(7-15)3-5-14/h6-7H,2-5H2,1H3,(H,11,12). The number of H-pyrrole nitrogens is 1. The molecule has 6 heteroatoms. The minimum atomic E-state index is -0.0412. The van der Waals surface area contributed by atoms with Gasteiger partial charge in [-0.1, -0.05) is 0 Å². The van der Waals surface area contributed by atoms with Gasteiger partial charge in [-0.05, 0) is 12.5 Å². The molecule has 0 bridgehead atoms. The van der Waals surface area contributed by atoms with Crippen molar-refractivity contribution in [3.05, 3.63) is 17.5 Å². The fourth-order valence-electron chi connectivity index (χ4n) is 1.75. The molecule has 1 aliphatic rings. The predicted octanol–water partition coefficient (Wildman–Crippen LogP) is -0.368. The molecule has 2 rings (SSSR count). The van der Waals surface area contributed by atoms with Crippen molar-refractivity contribution in [2.24, 2.45) is 0 Å². The van der Waals surface area contributed by atoms with Crippen LogP contribution in [0, 0.1) is 6.92 Å². The number of nitrogens with zero attached hydrogens (tertiary/aromatic N) is 3. The monoisotopic (exact) mass is 222 g/mol. The second kappa shape index (κ2) is 4.34. The maximum absolute atomic E-state index is 12.0. The number of hydrogen-bond acceptors (Lipinski definition) is 3. The number of carbonyl (C=O) groups is 2. The van der Waals surface area contributed by atoms with E-state index < -0.39 is 0 Å². The molecule has 0 saturated carbocycles. The Morgan fingerprint density at radius 1 is 1.44 bits per heavy atom. The quantitative estimate of drug-likeness (QED) is 0.694. The van der Waals surface area contributed by atoms with E-state index in [-0.39, 0.29) is 5.91 Å². The molecular weight excluding hydrogens is 208 g/mol. The molecule has 0 radical (unpaired) electrons. The van der Waals surface area contributed by atoms with Crippen molar-refractivity contribution in [3.63, 3.8) is 0 Å². The molecule has 86 valence electrons. The summed E-state index contributed by atoms with van der Waals surface area (Å²) in [6.45, 7) is 4.20. The molecule has 1 N–H and O–H groups in total. The minimum Gasteiger partial charge on any atom is -0.342 e. The van der Waals surface area contributed by atoms with Gasteiger partial charge in [0.15, 0.2) is 0 Å². The number of hydrogen-bond donors (Lipinski definition) is 1. The van der Waals surface area contributed by atoms with Crippen molar-refractivity contribution in [2.45, 2.75) is 6.92 Å². The summed E-state index contributed by atoms with van der Waals surface area (Å²) in [6.07, 6.45) is 2.46. The number of aryl methyl sites for hydroxylation is 1. The Balaban J connectivity index is 2.02. The van der Waals surface area contributed by atoms with Crippen LogP contribution in [0.3, 0.4) is 0 Å². The third-order valence-electron chi connectivity index (χ3n) is 2.79. The summed E-state index contributed by atoms with van der Waals surface area (Å²) < 4.78 is 0. The van der Waals surface area contributed by atoms with Crippen molar-refractivity contribution in [3.8, 4) is 0 Å². The molecule has 1 fully saturated rings. The number of aromatic amines is 1. The summed E-state index contributed by atoms with van der Waals surface area (Å²) in [7, 11) is 0. The van der Waals surface area contributed by atoms with Gasteiger partial charge in [0.05, 0.1) is 6.20 Å². The molecule has 1 aliphatic heterocycles. The van der Waals surface area contributed by atoms with Gasteiger partial charge in [0.25, 0.3) is 5.91 Å². The second-order valence-corrected chi connectivity index (χ2v) is 3.86. The molecule has 1 aromatic heterocycles. The van der Waals surface area contributed by atoms with E-state index in [9.17, 15) is 9.59 Å². The summed E-state index contributed by atoms with van der Waals surface area (Å²) in [4.78, 5) is 26.0. The Bertz CT molecular complexity index is 393. The van der Waals surface area contributed by atoms with Crippen molar-refractivity contribution < 1.29 is 9.59 Å². The van der Waals surface area contributed by atoms with Crippen molar-refractivity contribution in [1.29, 1.82) is 0 Å². The first kappa shape index (κ1) is 10.7. The number of amides is 2. The van der Waals surface area contributed by atoms with Gasteiger partial charge in [0.2, 0.25) is 6.41 Å². The van der Waals surface area contributed by atoms with E-state index in [0.29, 0.717) is 31.9 Å². The summed E-state index contributed by atoms with van der Waals surface area (Å²) in [5.41, 5.74) is 1.39. The first-order valence-corrected chi connectivity index (χ1v) is 5.21. The van der Waals surface area contributed by atoms with Gasteiger partial charge in [-0.2, -0.15) is 5.10 Å². The Hall–Kier alpha value is -1.85. The third-order valence-corrected chi connectivity index (χ3v) is 2.79. The Morgan fingerprint density at radius 3 is 2.62 bits per heavy atom. The summed E-state index contributed by atoms with van der Waals surface area (Å²) in [5, 5.41) is 6.53. The van der Waals surface area contributed by atoms with Crippen molar-refractivity contribution >= 4 is 12.3 Å². The van der Waals surface area contributed by atoms with Gasteiger partial charge < -0.3 is 9.80 Å². The van der Waals surface area contributed by atoms with Crippen LogP contribution in [0.2, 0.25) is 0 Å². The number of carbonyl (C=O) groups excluding carboxylic acids is 2. The zero-order chi connectivity index (χ0) is 11.5. The fraction of sp³-hybridized carbons (Fsp3) is 0.500. The molecule has 2 amide bonds. The molecule has 2 heterocycles. The highest BCUT2D eigenvalue weighted by Gasteiger charge is 2.23. The van der Waals surface area contributed by atoms with Gasteiger partial charge >= 0.3 is 0 Å². The van der Waals surface area contributed by atoms with Gasteiger partial charge in [-0.15, -0.1) is 0 Å². The molecular formula is C10H14N4O2. The molecule has 0 aliphatic carbocycles. The molecule has 0 unspecified atom stereocenters. The predicted molar refractivity (Wildman–Crippen MR) is 56.9 cm³/mol. The molecule has 16 heavy (non-hydrogen) atoms. The Labute approximate surface area is 93.2 Å². The first-order valence-electron chi connectivity index (χ1n) is 5.21. The lowest BCUT2D eigenvalue weighted by molar-refractivity contribution is -0.119. The summed E-state index contributed by atoms with van der Waals surface area (Å²) >= 11 is 0. The highest BCUT2D eigenvalue weighted by atomic mass is 16.2. The van der Waals surface area contributed by atoms with Crippen LogP contribution in [0.15, 0.2) is 6.20 Å². The van der Waals surface area contributed by atoms with E-state index in [1.54, 1.807) is 16.0 Å². The van der Waals surface area contributed by atoms with Crippen molar-refractivity contribution in [1.82, 2.24) is 20.0 Å². The van der Waals surface area contributed by atoms with Crippen LogP contribution in [-0.2, 0) is 4.79 Å². The van der Waals surface area contributed by atoms with E-state index >= 15 is 0 Å². The molecule has 1 aromatic rings. The average Bonchev–Trinajstić information content (AvgIpc) is 2.75. The lowest BCUT2D eigenvalue weighted by Crippen LogP contribution is -2.48. The third kappa shape index (κ3) is 1.91. The van der Waals surface area contributed by atoms with Crippen LogP contribution >= 0.6 is 0 Å². The highest BCUT2D eigenvalue weighted by Crippen LogP contribution is 2.09. The number of nitrogens with one attached hydrogen (secondary N) is 1. The number of rotatable bonds is 2. The number of aromatic nitrogens is 2. The van der Waals surface area contributed by atoms with Gasteiger partial charge in [-0.25, -0.2) is 0 Å². The molecule has 0 atom stereocenters. The molecule has 0 spiro atoms. The topological polar surface area (TPSA) is 69.3 Å². The lowest BCUT2D eigenvalue weighted by Gasteiger charge is -2.32. The van der Waals surface area contributed by atoms with E-state index in [1.165, 1.54) is 0 Å². The maximum Gasteiger partial charge on any atom is 0.272 e. The summed E-state index contributed by atoms with van der Waals surface area (Å²) in [6, 6.07) is 0. The maximum atomic E-state index is 12.0. The fourth-order valence-corrected chi connectivity index (χ4v) is 1.75. The van der Waals surface area contributed by atoms with E-state index in [1.807, 2.05) is 6.92 Å². The van der Waals surface area contributed by atoms with E-state index in [0.717, 1.165) is 12.0 Å². The zero-order valence-electron chi connectivity index (χ0n) is 9.14. The Kier molecular flexibility index (Phi) is 2.89. The summed E-state index contributed by atoms with van der Waals surface area (Å²) in [5.74, 6) is -0.0412. The highest BCUT2D eigenvalue weighted by molar-refractivity contribution is 5.93. The van der Waals surface area contributed by atoms with E-state index in [4.69, 9.17) is 0 Å².